The van der Waals surface area contributed by atoms with E-state index in [-0.39, 0.29) is 0 Å². The first-order chi connectivity index (χ1) is 7.86. The number of aromatic nitrogens is 1. The lowest BCUT2D eigenvalue weighted by atomic mass is 9.76. The first-order valence-corrected chi connectivity index (χ1v) is 6.81. The molecule has 84 valence electrons. The van der Waals surface area contributed by atoms with Gasteiger partial charge in [0.1, 0.15) is 0 Å². The lowest BCUT2D eigenvalue weighted by Gasteiger charge is -2.36. The van der Waals surface area contributed by atoms with Gasteiger partial charge in [0.15, 0.2) is 0 Å². The Hall–Kier alpha value is -0.930. The molecular weight excluding hydrogens is 216 g/mol. The van der Waals surface area contributed by atoms with E-state index < -0.39 is 0 Å². The van der Waals surface area contributed by atoms with E-state index in [2.05, 4.69) is 40.9 Å². The molecule has 0 unspecified atom stereocenters. The first kappa shape index (κ1) is 10.2. The third-order valence-electron chi connectivity index (χ3n) is 3.43. The van der Waals surface area contributed by atoms with E-state index in [1.807, 2.05) is 0 Å². The van der Waals surface area contributed by atoms with Gasteiger partial charge in [-0.1, -0.05) is 6.92 Å². The quantitative estimate of drug-likeness (QED) is 0.879. The van der Waals surface area contributed by atoms with Crippen molar-refractivity contribution in [3.63, 3.8) is 0 Å². The summed E-state index contributed by atoms with van der Waals surface area (Å²) in [6, 6.07) is 5.14. The lowest BCUT2D eigenvalue weighted by molar-refractivity contribution is 0.296. The second-order valence-corrected chi connectivity index (χ2v) is 5.44. The van der Waals surface area contributed by atoms with Gasteiger partial charge < -0.3 is 5.32 Å². The summed E-state index contributed by atoms with van der Waals surface area (Å²) < 4.78 is 1.32. The van der Waals surface area contributed by atoms with E-state index in [4.69, 9.17) is 0 Å². The number of rotatable bonds is 3. The minimum absolute atomic E-state index is 0.725. The average molecular weight is 232 g/mol. The number of pyridine rings is 1. The van der Waals surface area contributed by atoms with E-state index in [1.165, 1.54) is 23.1 Å². The van der Waals surface area contributed by atoms with Crippen LogP contribution in [-0.2, 0) is 0 Å². The van der Waals surface area contributed by atoms with Crippen LogP contribution < -0.4 is 5.32 Å². The summed E-state index contributed by atoms with van der Waals surface area (Å²) >= 11 is 1.79. The zero-order valence-corrected chi connectivity index (χ0v) is 10.3. The van der Waals surface area contributed by atoms with Gasteiger partial charge in [-0.2, -0.15) is 0 Å². The fraction of sp³-hybridized carbons (Fsp3) is 0.462. The van der Waals surface area contributed by atoms with E-state index in [0.717, 1.165) is 24.0 Å². The van der Waals surface area contributed by atoms with Crippen molar-refractivity contribution in [2.75, 3.05) is 6.54 Å². The summed E-state index contributed by atoms with van der Waals surface area (Å²) in [4.78, 5) is 4.51. The van der Waals surface area contributed by atoms with Crippen LogP contribution in [0.5, 0.6) is 0 Å². The van der Waals surface area contributed by atoms with Crippen LogP contribution in [0.1, 0.15) is 31.2 Å². The molecule has 2 nitrogen and oxygen atoms in total. The highest BCUT2D eigenvalue weighted by Crippen LogP contribution is 2.37. The van der Waals surface area contributed by atoms with Crippen molar-refractivity contribution in [1.82, 2.24) is 10.3 Å². The molecule has 0 aromatic carbocycles. The molecule has 0 aliphatic heterocycles. The van der Waals surface area contributed by atoms with Crippen LogP contribution in [0.25, 0.3) is 10.2 Å². The van der Waals surface area contributed by atoms with Gasteiger partial charge in [0, 0.05) is 12.2 Å². The van der Waals surface area contributed by atoms with Crippen molar-refractivity contribution in [1.29, 1.82) is 0 Å². The van der Waals surface area contributed by atoms with Gasteiger partial charge in [-0.05, 0) is 48.4 Å². The number of hydrogen-bond acceptors (Lipinski definition) is 3. The maximum absolute atomic E-state index is 4.51. The highest BCUT2D eigenvalue weighted by molar-refractivity contribution is 7.17. The van der Waals surface area contributed by atoms with E-state index in [9.17, 15) is 0 Å². The second kappa shape index (κ2) is 4.15. The normalized spacial score (nSPS) is 24.6. The summed E-state index contributed by atoms with van der Waals surface area (Å²) in [5.41, 5.74) is 2.56. The van der Waals surface area contributed by atoms with Crippen LogP contribution >= 0.6 is 11.3 Å². The summed E-state index contributed by atoms with van der Waals surface area (Å²) in [6.07, 6.45) is 4.60. The largest absolute Gasteiger partial charge is 0.314 e. The number of fused-ring (bicyclic) bond motifs is 1. The maximum Gasteiger partial charge on any atom is 0.0809 e. The summed E-state index contributed by atoms with van der Waals surface area (Å²) in [6.45, 7) is 3.26. The van der Waals surface area contributed by atoms with Gasteiger partial charge in [0.25, 0.3) is 0 Å². The Bertz CT molecular complexity index is 485. The molecule has 0 spiro atoms. The molecule has 0 radical (unpaired) electrons. The molecule has 3 heteroatoms. The molecule has 1 aliphatic rings. The minimum atomic E-state index is 0.725. The van der Waals surface area contributed by atoms with Crippen molar-refractivity contribution in [2.45, 2.75) is 31.7 Å². The number of nitrogens with one attached hydrogen (secondary N) is 1. The lowest BCUT2D eigenvalue weighted by Crippen LogP contribution is -2.39. The predicted molar refractivity (Wildman–Crippen MR) is 69.1 cm³/mol. The average Bonchev–Trinajstić information content (AvgIpc) is 2.69. The molecule has 2 aromatic heterocycles. The smallest absolute Gasteiger partial charge is 0.0809 e. The Morgan fingerprint density at radius 3 is 3.19 bits per heavy atom. The molecule has 2 heterocycles. The number of nitrogens with zero attached hydrogens (tertiary/aromatic N) is 1. The fourth-order valence-corrected chi connectivity index (χ4v) is 3.22. The summed E-state index contributed by atoms with van der Waals surface area (Å²) in [5, 5.41) is 5.61. The molecule has 2 aromatic rings. The highest BCUT2D eigenvalue weighted by Gasteiger charge is 2.29. The molecule has 1 aliphatic carbocycles. The van der Waals surface area contributed by atoms with E-state index in [0.29, 0.717) is 0 Å². The third kappa shape index (κ3) is 1.74. The molecular formula is C13H16N2S. The topological polar surface area (TPSA) is 24.9 Å². The zero-order chi connectivity index (χ0) is 11.0. The molecule has 0 amide bonds. The molecule has 3 rings (SSSR count). The molecule has 1 N–H and O–H groups in total. The van der Waals surface area contributed by atoms with Crippen molar-refractivity contribution in [2.24, 2.45) is 0 Å². The van der Waals surface area contributed by atoms with Crippen molar-refractivity contribution >= 4 is 21.6 Å². The van der Waals surface area contributed by atoms with Crippen molar-refractivity contribution in [3.05, 3.63) is 29.3 Å². The summed E-state index contributed by atoms with van der Waals surface area (Å²) in [7, 11) is 0. The molecule has 0 saturated heterocycles. The zero-order valence-electron chi connectivity index (χ0n) is 9.44. The van der Waals surface area contributed by atoms with Crippen molar-refractivity contribution < 1.29 is 0 Å². The highest BCUT2D eigenvalue weighted by atomic mass is 32.1. The van der Waals surface area contributed by atoms with Crippen LogP contribution in [0.15, 0.2) is 23.7 Å². The van der Waals surface area contributed by atoms with Gasteiger partial charge >= 0.3 is 0 Å². The molecule has 1 saturated carbocycles. The van der Waals surface area contributed by atoms with Crippen LogP contribution in [-0.4, -0.2) is 17.6 Å². The van der Waals surface area contributed by atoms with Crippen LogP contribution in [0.2, 0.25) is 0 Å². The minimum Gasteiger partial charge on any atom is -0.314 e. The molecule has 0 atom stereocenters. The van der Waals surface area contributed by atoms with Gasteiger partial charge in [-0.3, -0.25) is 4.98 Å². The Balaban J connectivity index is 1.75. The third-order valence-corrected chi connectivity index (χ3v) is 4.28. The summed E-state index contributed by atoms with van der Waals surface area (Å²) in [5.74, 6) is 0.725. The monoisotopic (exact) mass is 232 g/mol. The fourth-order valence-electron chi connectivity index (χ4n) is 2.43. The van der Waals surface area contributed by atoms with Gasteiger partial charge in [0.05, 0.1) is 10.2 Å². The van der Waals surface area contributed by atoms with Gasteiger partial charge in [-0.15, -0.1) is 11.3 Å². The standard InChI is InChI=1S/C13H16N2S/c1-2-14-11-5-9(6-11)10-7-13-12(15-8-10)3-4-16-13/h3-4,7-9,11,14H,2,5-6H2,1H3. The number of hydrogen-bond donors (Lipinski definition) is 1. The van der Waals surface area contributed by atoms with E-state index in [1.54, 1.807) is 11.3 Å². The van der Waals surface area contributed by atoms with Gasteiger partial charge in [-0.25, -0.2) is 0 Å². The van der Waals surface area contributed by atoms with Crippen LogP contribution in [0.3, 0.4) is 0 Å². The second-order valence-electron chi connectivity index (χ2n) is 4.50. The Morgan fingerprint density at radius 2 is 2.38 bits per heavy atom. The molecule has 0 bridgehead atoms. The van der Waals surface area contributed by atoms with Crippen LogP contribution in [0.4, 0.5) is 0 Å². The number of thiophene rings is 1. The predicted octanol–water partition coefficient (Wildman–Crippen LogP) is 3.15. The van der Waals surface area contributed by atoms with Crippen molar-refractivity contribution in [3.8, 4) is 0 Å². The Kier molecular flexibility index (Phi) is 2.65. The Labute approximate surface area is 99.7 Å². The molecule has 16 heavy (non-hydrogen) atoms. The van der Waals surface area contributed by atoms with E-state index >= 15 is 0 Å². The Morgan fingerprint density at radius 1 is 1.50 bits per heavy atom. The first-order valence-electron chi connectivity index (χ1n) is 5.93. The SMILES string of the molecule is CCNC1CC(c2cnc3ccsc3c2)C1. The maximum atomic E-state index is 4.51. The van der Waals surface area contributed by atoms with Crippen LogP contribution in [0, 0.1) is 0 Å². The molecule has 1 fully saturated rings. The van der Waals surface area contributed by atoms with Gasteiger partial charge in [0.2, 0.25) is 0 Å².